The molecule has 0 aromatic carbocycles. The van der Waals surface area contributed by atoms with Gasteiger partial charge in [0.25, 0.3) is 0 Å². The van der Waals surface area contributed by atoms with Gasteiger partial charge in [0, 0.05) is 48.5 Å². The van der Waals surface area contributed by atoms with Crippen LogP contribution in [-0.2, 0) is 0 Å². The van der Waals surface area contributed by atoms with Crippen molar-refractivity contribution in [1.82, 2.24) is 24.4 Å². The number of hydrogen-bond acceptors (Lipinski definition) is 6. The van der Waals surface area contributed by atoms with Gasteiger partial charge >= 0.3 is 0 Å². The number of aromatic nitrogens is 4. The van der Waals surface area contributed by atoms with Gasteiger partial charge in [-0.25, -0.2) is 15.0 Å². The second kappa shape index (κ2) is 8.29. The molecule has 3 N–H and O–H groups in total. The number of likely N-dealkylation sites (tertiary alicyclic amines) is 1. The second-order valence-electron chi connectivity index (χ2n) is 9.01. The average Bonchev–Trinajstić information content (AvgIpc) is 3.11. The zero-order valence-electron chi connectivity index (χ0n) is 18.6. The Labute approximate surface area is 183 Å². The molecule has 1 aliphatic heterocycles. The lowest BCUT2D eigenvalue weighted by molar-refractivity contribution is 0.143. The molecular formula is C24H30N6O. The number of piperidine rings is 1. The summed E-state index contributed by atoms with van der Waals surface area (Å²) in [5.74, 6) is 6.08. The molecule has 0 unspecified atom stereocenters. The van der Waals surface area contributed by atoms with Crippen molar-refractivity contribution in [3.63, 3.8) is 0 Å². The van der Waals surface area contributed by atoms with Crippen molar-refractivity contribution in [2.75, 3.05) is 18.8 Å². The molecule has 0 aliphatic carbocycles. The molecule has 31 heavy (non-hydrogen) atoms. The van der Waals surface area contributed by atoms with E-state index in [1.165, 1.54) is 0 Å². The summed E-state index contributed by atoms with van der Waals surface area (Å²) in [7, 11) is 0. The van der Waals surface area contributed by atoms with Crippen LogP contribution in [0.5, 0.6) is 0 Å². The SMILES string of the molecule is CC(C)N1CCC(n2cc(-c3ccnc(N)n3)c3cc(C#CC(C)(C)O)ncc32)CC1. The van der Waals surface area contributed by atoms with Crippen LogP contribution in [0.15, 0.2) is 30.7 Å². The number of nitrogens with two attached hydrogens (primary N) is 1. The summed E-state index contributed by atoms with van der Waals surface area (Å²) in [6, 6.07) is 4.82. The van der Waals surface area contributed by atoms with Gasteiger partial charge in [-0.05, 0) is 58.6 Å². The summed E-state index contributed by atoms with van der Waals surface area (Å²) < 4.78 is 2.33. The summed E-state index contributed by atoms with van der Waals surface area (Å²) in [6.45, 7) is 9.99. The maximum absolute atomic E-state index is 9.95. The Morgan fingerprint density at radius 3 is 2.61 bits per heavy atom. The van der Waals surface area contributed by atoms with Crippen molar-refractivity contribution in [3.05, 3.63) is 36.4 Å². The van der Waals surface area contributed by atoms with Gasteiger partial charge in [0.1, 0.15) is 11.3 Å². The Kier molecular flexibility index (Phi) is 5.69. The largest absolute Gasteiger partial charge is 0.378 e. The Bertz CT molecular complexity index is 1140. The maximum Gasteiger partial charge on any atom is 0.220 e. The number of hydrogen-bond donors (Lipinski definition) is 2. The van der Waals surface area contributed by atoms with E-state index >= 15 is 0 Å². The fraction of sp³-hybridized carbons (Fsp3) is 0.458. The number of anilines is 1. The van der Waals surface area contributed by atoms with Crippen LogP contribution in [0.1, 0.15) is 52.3 Å². The van der Waals surface area contributed by atoms with E-state index in [0.717, 1.165) is 48.1 Å². The lowest BCUT2D eigenvalue weighted by Gasteiger charge is -2.35. The van der Waals surface area contributed by atoms with Gasteiger partial charge in [-0.3, -0.25) is 0 Å². The smallest absolute Gasteiger partial charge is 0.220 e. The van der Waals surface area contributed by atoms with Crippen LogP contribution in [0.2, 0.25) is 0 Å². The highest BCUT2D eigenvalue weighted by atomic mass is 16.3. The van der Waals surface area contributed by atoms with E-state index in [1.54, 1.807) is 20.0 Å². The Morgan fingerprint density at radius 1 is 1.23 bits per heavy atom. The molecule has 0 spiro atoms. The average molecular weight is 419 g/mol. The molecule has 4 heterocycles. The van der Waals surface area contributed by atoms with Gasteiger partial charge in [0.05, 0.1) is 17.4 Å². The van der Waals surface area contributed by atoms with E-state index in [-0.39, 0.29) is 5.95 Å². The first-order chi connectivity index (χ1) is 14.7. The van der Waals surface area contributed by atoms with Crippen molar-refractivity contribution >= 4 is 16.9 Å². The molecule has 7 nitrogen and oxygen atoms in total. The first-order valence-electron chi connectivity index (χ1n) is 10.8. The summed E-state index contributed by atoms with van der Waals surface area (Å²) in [5.41, 5.74) is 8.24. The van der Waals surface area contributed by atoms with Gasteiger partial charge in [0.2, 0.25) is 5.95 Å². The minimum absolute atomic E-state index is 0.250. The van der Waals surface area contributed by atoms with E-state index in [2.05, 4.69) is 56.3 Å². The second-order valence-corrected chi connectivity index (χ2v) is 9.01. The van der Waals surface area contributed by atoms with Crippen molar-refractivity contribution in [2.45, 2.75) is 58.2 Å². The van der Waals surface area contributed by atoms with Crippen molar-refractivity contribution in [3.8, 4) is 23.1 Å². The first kappa shape index (κ1) is 21.3. The summed E-state index contributed by atoms with van der Waals surface area (Å²) in [5, 5.41) is 11.0. The molecule has 1 fully saturated rings. The molecule has 0 radical (unpaired) electrons. The number of nitrogen functional groups attached to an aromatic ring is 1. The normalized spacial score (nSPS) is 15.9. The highest BCUT2D eigenvalue weighted by Gasteiger charge is 2.24. The molecule has 7 heteroatoms. The molecule has 0 bridgehead atoms. The topological polar surface area (TPSA) is 93.1 Å². The molecule has 3 aromatic heterocycles. The Morgan fingerprint density at radius 2 is 1.97 bits per heavy atom. The van der Waals surface area contributed by atoms with Gasteiger partial charge in [-0.15, -0.1) is 0 Å². The van der Waals surface area contributed by atoms with E-state index in [9.17, 15) is 5.11 Å². The number of fused-ring (bicyclic) bond motifs is 1. The fourth-order valence-corrected chi connectivity index (χ4v) is 4.14. The van der Waals surface area contributed by atoms with Gasteiger partial charge in [-0.1, -0.05) is 5.92 Å². The zero-order chi connectivity index (χ0) is 22.2. The van der Waals surface area contributed by atoms with Gasteiger partial charge in [0.15, 0.2) is 0 Å². The summed E-state index contributed by atoms with van der Waals surface area (Å²) in [4.78, 5) is 15.6. The summed E-state index contributed by atoms with van der Waals surface area (Å²) in [6.07, 6.45) is 7.91. The van der Waals surface area contributed by atoms with Crippen LogP contribution in [0.3, 0.4) is 0 Å². The standard InChI is InChI=1S/C24H30N6O/c1-16(2)29-11-7-18(8-12-29)30-15-20(21-6-10-26-23(25)28-21)19-13-17(27-14-22(19)30)5-9-24(3,4)31/h6,10,13-16,18,31H,7-8,11-12H2,1-4H3,(H2,25,26,28). The lowest BCUT2D eigenvalue weighted by Crippen LogP contribution is -2.38. The predicted octanol–water partition coefficient (Wildman–Crippen LogP) is 3.24. The monoisotopic (exact) mass is 418 g/mol. The van der Waals surface area contributed by atoms with Crippen LogP contribution in [0.25, 0.3) is 22.2 Å². The molecule has 4 rings (SSSR count). The molecule has 0 saturated carbocycles. The minimum atomic E-state index is -1.07. The zero-order valence-corrected chi connectivity index (χ0v) is 18.6. The maximum atomic E-state index is 9.95. The van der Waals surface area contributed by atoms with E-state index < -0.39 is 5.60 Å². The van der Waals surface area contributed by atoms with Crippen LogP contribution < -0.4 is 5.73 Å². The third kappa shape index (κ3) is 4.71. The van der Waals surface area contributed by atoms with Crippen molar-refractivity contribution < 1.29 is 5.11 Å². The summed E-state index contributed by atoms with van der Waals surface area (Å²) >= 11 is 0. The van der Waals surface area contributed by atoms with Crippen molar-refractivity contribution in [2.24, 2.45) is 0 Å². The van der Waals surface area contributed by atoms with Crippen LogP contribution in [-0.4, -0.2) is 54.3 Å². The molecular weight excluding hydrogens is 388 g/mol. The highest BCUT2D eigenvalue weighted by molar-refractivity contribution is 5.95. The van der Waals surface area contributed by atoms with Crippen molar-refractivity contribution in [1.29, 1.82) is 0 Å². The van der Waals surface area contributed by atoms with E-state index in [4.69, 9.17) is 5.73 Å². The number of rotatable bonds is 3. The van der Waals surface area contributed by atoms with Gasteiger partial charge in [-0.2, -0.15) is 0 Å². The fourth-order valence-electron chi connectivity index (χ4n) is 4.14. The molecule has 162 valence electrons. The molecule has 1 aliphatic rings. The first-order valence-corrected chi connectivity index (χ1v) is 10.8. The quantitative estimate of drug-likeness (QED) is 0.635. The number of aliphatic hydroxyl groups is 1. The Balaban J connectivity index is 1.79. The van der Waals surface area contributed by atoms with Crippen LogP contribution >= 0.6 is 0 Å². The van der Waals surface area contributed by atoms with E-state index in [1.807, 2.05) is 18.3 Å². The van der Waals surface area contributed by atoms with Crippen LogP contribution in [0.4, 0.5) is 5.95 Å². The lowest BCUT2D eigenvalue weighted by atomic mass is 10.0. The van der Waals surface area contributed by atoms with E-state index in [0.29, 0.717) is 17.8 Å². The predicted molar refractivity (Wildman–Crippen MR) is 123 cm³/mol. The minimum Gasteiger partial charge on any atom is -0.378 e. The molecule has 3 aromatic rings. The third-order valence-corrected chi connectivity index (χ3v) is 5.79. The molecule has 0 atom stereocenters. The number of pyridine rings is 1. The number of nitrogens with zero attached hydrogens (tertiary/aromatic N) is 5. The van der Waals surface area contributed by atoms with Crippen LogP contribution in [0, 0.1) is 11.8 Å². The third-order valence-electron chi connectivity index (χ3n) is 5.79. The van der Waals surface area contributed by atoms with Gasteiger partial charge < -0.3 is 20.3 Å². The molecule has 1 saturated heterocycles. The Hall–Kier alpha value is -2.95. The molecule has 0 amide bonds. The highest BCUT2D eigenvalue weighted by Crippen LogP contribution is 2.35.